The van der Waals surface area contributed by atoms with E-state index >= 15 is 0 Å². The van der Waals surface area contributed by atoms with E-state index in [1.165, 1.54) is 24.7 Å². The zero-order chi connectivity index (χ0) is 27.1. The van der Waals surface area contributed by atoms with Crippen molar-refractivity contribution in [1.29, 1.82) is 0 Å². The van der Waals surface area contributed by atoms with E-state index in [-0.39, 0.29) is 17.8 Å². The first kappa shape index (κ1) is 31.6. The summed E-state index contributed by atoms with van der Waals surface area (Å²) in [4.78, 5) is 12.6. The number of methoxy groups -OCH3 is 1. The number of aryl methyl sites for hydroxylation is 1. The van der Waals surface area contributed by atoms with E-state index in [0.717, 1.165) is 36.9 Å². The van der Waals surface area contributed by atoms with Crippen LogP contribution in [0.15, 0.2) is 68.6 Å². The number of hydrogen-bond donors (Lipinski definition) is 1. The van der Waals surface area contributed by atoms with Crippen molar-refractivity contribution in [2.75, 3.05) is 7.11 Å². The fourth-order valence-corrected chi connectivity index (χ4v) is 5.19. The lowest BCUT2D eigenvalue weighted by atomic mass is 9.86. The van der Waals surface area contributed by atoms with Crippen LogP contribution in [0.3, 0.4) is 0 Å². The third-order valence-corrected chi connectivity index (χ3v) is 7.19. The number of carbonyl (C=O) groups excluding carboxylic acids is 1. The molecule has 5 nitrogen and oxygen atoms in total. The average Bonchev–Trinajstić information content (AvgIpc) is 3.11. The molecule has 0 amide bonds. The molecule has 3 unspecified atom stereocenters. The Hall–Kier alpha value is -2.47. The number of nitrogens with one attached hydrogen (secondary N) is 1. The Morgan fingerprint density at radius 2 is 1.94 bits per heavy atom. The normalized spacial score (nSPS) is 18.5. The van der Waals surface area contributed by atoms with E-state index in [0.29, 0.717) is 17.2 Å². The maximum absolute atomic E-state index is 12.6. The predicted molar refractivity (Wildman–Crippen MR) is 153 cm³/mol. The first-order chi connectivity index (χ1) is 17.1. The van der Waals surface area contributed by atoms with Crippen molar-refractivity contribution in [1.82, 2.24) is 5.32 Å². The summed E-state index contributed by atoms with van der Waals surface area (Å²) >= 11 is 0. The number of allylic oxidation sites excluding steroid dienone is 6. The Kier molecular flexibility index (Phi) is 15.0. The van der Waals surface area contributed by atoms with E-state index in [9.17, 15) is 9.00 Å². The molecule has 3 atom stereocenters. The third kappa shape index (κ3) is 11.5. The molecule has 1 aliphatic carbocycles. The number of esters is 1. The Balaban J connectivity index is 0.000000809. The SMILES string of the molecule is C/C=C\C=C(C)C.CCCCCC1C(N/C(C)=N\S(=O)c2cccc(C)c2)=C(C)CC1CC(=O)OC. The minimum absolute atomic E-state index is 0.157. The van der Waals surface area contributed by atoms with E-state index < -0.39 is 11.0 Å². The second-order valence-corrected chi connectivity index (χ2v) is 10.8. The number of amidine groups is 1. The highest BCUT2D eigenvalue weighted by Crippen LogP contribution is 2.41. The molecule has 200 valence electrons. The molecule has 0 aromatic heterocycles. The minimum atomic E-state index is -1.44. The van der Waals surface area contributed by atoms with Crippen molar-refractivity contribution in [3.05, 3.63) is 64.9 Å². The largest absolute Gasteiger partial charge is 0.469 e. The second kappa shape index (κ2) is 17.1. The first-order valence-corrected chi connectivity index (χ1v) is 14.1. The van der Waals surface area contributed by atoms with Gasteiger partial charge in [0.25, 0.3) is 0 Å². The number of ether oxygens (including phenoxy) is 1. The van der Waals surface area contributed by atoms with Gasteiger partial charge in [0.1, 0.15) is 5.84 Å². The van der Waals surface area contributed by atoms with Crippen LogP contribution in [0.4, 0.5) is 0 Å². The number of nitrogens with zero attached hydrogens (tertiary/aromatic N) is 1. The topological polar surface area (TPSA) is 67.8 Å². The monoisotopic (exact) mass is 514 g/mol. The predicted octanol–water partition coefficient (Wildman–Crippen LogP) is 7.61. The van der Waals surface area contributed by atoms with Crippen LogP contribution < -0.4 is 5.32 Å². The van der Waals surface area contributed by atoms with Crippen LogP contribution in [0.2, 0.25) is 0 Å². The van der Waals surface area contributed by atoms with Gasteiger partial charge < -0.3 is 10.1 Å². The molecule has 36 heavy (non-hydrogen) atoms. The summed E-state index contributed by atoms with van der Waals surface area (Å²) in [6, 6.07) is 7.60. The molecule has 1 aromatic rings. The molecule has 0 aliphatic heterocycles. The molecule has 0 saturated carbocycles. The molecule has 0 fully saturated rings. The van der Waals surface area contributed by atoms with Gasteiger partial charge in [-0.25, -0.2) is 4.21 Å². The van der Waals surface area contributed by atoms with Crippen molar-refractivity contribution >= 4 is 22.8 Å². The summed E-state index contributed by atoms with van der Waals surface area (Å²) in [5.41, 5.74) is 4.79. The lowest BCUT2D eigenvalue weighted by Crippen LogP contribution is -2.27. The van der Waals surface area contributed by atoms with Crippen LogP contribution in [-0.4, -0.2) is 23.1 Å². The van der Waals surface area contributed by atoms with Crippen LogP contribution in [0, 0.1) is 18.8 Å². The van der Waals surface area contributed by atoms with E-state index in [2.05, 4.69) is 43.5 Å². The lowest BCUT2D eigenvalue weighted by molar-refractivity contribution is -0.142. The van der Waals surface area contributed by atoms with Crippen LogP contribution in [-0.2, 0) is 20.5 Å². The fourth-order valence-electron chi connectivity index (χ4n) is 4.31. The highest BCUT2D eigenvalue weighted by molar-refractivity contribution is 7.83. The standard InChI is InChI=1S/C23H34N2O3S.C7H12/c1-6-7-8-12-21-19(15-22(26)28-5)14-17(3)23(21)24-18(4)25-29(27)20-11-9-10-16(2)13-20;1-4-5-6-7(2)3/h9-11,13,19,21H,6-8,12,14-15H2,1-5H3,(H,24,25);4-6H,1-3H3/b;5-4-. The first-order valence-electron chi connectivity index (χ1n) is 13.0. The maximum atomic E-state index is 12.6. The molecular formula is C30H46N2O3S. The molecule has 0 saturated heterocycles. The molecule has 2 rings (SSSR count). The van der Waals surface area contributed by atoms with Crippen molar-refractivity contribution in [3.63, 3.8) is 0 Å². The van der Waals surface area contributed by atoms with Crippen molar-refractivity contribution < 1.29 is 13.7 Å². The van der Waals surface area contributed by atoms with Gasteiger partial charge in [-0.15, -0.1) is 0 Å². The number of carbonyl (C=O) groups is 1. The minimum Gasteiger partial charge on any atom is -0.469 e. The summed E-state index contributed by atoms with van der Waals surface area (Å²) in [6.45, 7) is 14.3. The van der Waals surface area contributed by atoms with Gasteiger partial charge in [-0.3, -0.25) is 4.79 Å². The van der Waals surface area contributed by atoms with Crippen LogP contribution in [0.25, 0.3) is 0 Å². The van der Waals surface area contributed by atoms with E-state index in [1.54, 1.807) is 0 Å². The summed E-state index contributed by atoms with van der Waals surface area (Å²) < 4.78 is 21.9. The Morgan fingerprint density at radius 3 is 2.50 bits per heavy atom. The molecule has 0 radical (unpaired) electrons. The van der Waals surface area contributed by atoms with Gasteiger partial charge in [-0.2, -0.15) is 4.40 Å². The van der Waals surface area contributed by atoms with Gasteiger partial charge in [0.2, 0.25) is 0 Å². The highest BCUT2D eigenvalue weighted by atomic mass is 32.2. The second-order valence-electron chi connectivity index (χ2n) is 9.68. The smallest absolute Gasteiger partial charge is 0.305 e. The number of hydrogen-bond acceptors (Lipinski definition) is 3. The maximum Gasteiger partial charge on any atom is 0.305 e. The number of unbranched alkanes of at least 4 members (excludes halogenated alkanes) is 2. The highest BCUT2D eigenvalue weighted by Gasteiger charge is 2.34. The van der Waals surface area contributed by atoms with Crippen molar-refractivity contribution in [3.8, 4) is 0 Å². The van der Waals surface area contributed by atoms with Gasteiger partial charge >= 0.3 is 5.97 Å². The van der Waals surface area contributed by atoms with Gasteiger partial charge in [-0.05, 0) is 78.0 Å². The molecule has 0 bridgehead atoms. The fraction of sp³-hybridized carbons (Fsp3) is 0.533. The van der Waals surface area contributed by atoms with Gasteiger partial charge in [0.15, 0.2) is 11.0 Å². The summed E-state index contributed by atoms with van der Waals surface area (Å²) in [6.07, 6.45) is 12.0. The quantitative estimate of drug-likeness (QED) is 0.115. The Morgan fingerprint density at radius 1 is 1.22 bits per heavy atom. The van der Waals surface area contributed by atoms with Crippen molar-refractivity contribution in [2.24, 2.45) is 16.2 Å². The van der Waals surface area contributed by atoms with Gasteiger partial charge in [0, 0.05) is 18.0 Å². The summed E-state index contributed by atoms with van der Waals surface area (Å²) in [5.74, 6) is 1.00. The zero-order valence-electron chi connectivity index (χ0n) is 23.5. The van der Waals surface area contributed by atoms with Crippen LogP contribution in [0.5, 0.6) is 0 Å². The number of benzene rings is 1. The van der Waals surface area contributed by atoms with E-state index in [4.69, 9.17) is 4.74 Å². The molecular weight excluding hydrogens is 468 g/mol. The molecule has 0 heterocycles. The summed E-state index contributed by atoms with van der Waals surface area (Å²) in [5, 5.41) is 3.43. The third-order valence-electron chi connectivity index (χ3n) is 6.09. The molecule has 6 heteroatoms. The summed E-state index contributed by atoms with van der Waals surface area (Å²) in [7, 11) is 0.00112. The van der Waals surface area contributed by atoms with E-state index in [1.807, 2.05) is 57.2 Å². The number of rotatable bonds is 10. The zero-order valence-corrected chi connectivity index (χ0v) is 24.3. The van der Waals surface area contributed by atoms with Crippen LogP contribution in [0.1, 0.15) is 85.6 Å². The Bertz CT molecular complexity index is 988. The molecule has 1 N–H and O–H groups in total. The lowest BCUT2D eigenvalue weighted by Gasteiger charge is -2.23. The van der Waals surface area contributed by atoms with Gasteiger partial charge in [0.05, 0.1) is 12.0 Å². The molecule has 1 aromatic carbocycles. The molecule has 0 spiro atoms. The van der Waals surface area contributed by atoms with Crippen molar-refractivity contribution in [2.45, 2.75) is 91.9 Å². The molecule has 1 aliphatic rings. The average molecular weight is 515 g/mol. The van der Waals surface area contributed by atoms with Crippen LogP contribution >= 0.6 is 0 Å². The Labute approximate surface area is 221 Å². The van der Waals surface area contributed by atoms with Gasteiger partial charge in [-0.1, -0.05) is 67.7 Å².